The summed E-state index contributed by atoms with van der Waals surface area (Å²) in [4.78, 5) is 4.32. The predicted octanol–water partition coefficient (Wildman–Crippen LogP) is 3.53. The molecular formula is C14H18ClN3O. The van der Waals surface area contributed by atoms with E-state index in [-0.39, 0.29) is 6.04 Å². The Morgan fingerprint density at radius 3 is 2.74 bits per heavy atom. The Hall–Kier alpha value is -1.39. The number of rotatable bonds is 6. The van der Waals surface area contributed by atoms with E-state index in [4.69, 9.17) is 16.1 Å². The Kier molecular flexibility index (Phi) is 4.93. The Balaban J connectivity index is 1.88. The SMILES string of the molecule is CCCc1noc(CNC(C)c2ccc(Cl)cc2)n1. The molecule has 1 heterocycles. The van der Waals surface area contributed by atoms with Crippen LogP contribution in [0.3, 0.4) is 0 Å². The average Bonchev–Trinajstić information content (AvgIpc) is 2.85. The second kappa shape index (κ2) is 6.68. The van der Waals surface area contributed by atoms with Crippen LogP contribution in [0.2, 0.25) is 5.02 Å². The van der Waals surface area contributed by atoms with E-state index in [9.17, 15) is 0 Å². The van der Waals surface area contributed by atoms with E-state index in [2.05, 4.69) is 29.3 Å². The van der Waals surface area contributed by atoms with Gasteiger partial charge in [-0.25, -0.2) is 0 Å². The number of hydrogen-bond donors (Lipinski definition) is 1. The molecule has 0 saturated carbocycles. The third-order valence-electron chi connectivity index (χ3n) is 2.91. The van der Waals surface area contributed by atoms with Crippen LogP contribution in [-0.2, 0) is 13.0 Å². The van der Waals surface area contributed by atoms with Crippen LogP contribution in [0.15, 0.2) is 28.8 Å². The summed E-state index contributed by atoms with van der Waals surface area (Å²) in [5, 5.41) is 8.02. The third kappa shape index (κ3) is 4.04. The summed E-state index contributed by atoms with van der Waals surface area (Å²) in [6.07, 6.45) is 1.88. The number of halogens is 1. The number of benzene rings is 1. The van der Waals surface area contributed by atoms with Crippen LogP contribution < -0.4 is 5.32 Å². The topological polar surface area (TPSA) is 51.0 Å². The molecule has 0 spiro atoms. The molecule has 0 aliphatic rings. The van der Waals surface area contributed by atoms with Gasteiger partial charge in [-0.2, -0.15) is 4.98 Å². The normalized spacial score (nSPS) is 12.6. The number of aromatic nitrogens is 2. The summed E-state index contributed by atoms with van der Waals surface area (Å²) in [6.45, 7) is 4.75. The molecule has 0 aliphatic carbocycles. The van der Waals surface area contributed by atoms with Crippen molar-refractivity contribution in [2.24, 2.45) is 0 Å². The number of nitrogens with zero attached hydrogens (tertiary/aromatic N) is 2. The van der Waals surface area contributed by atoms with Gasteiger partial charge in [0.1, 0.15) is 0 Å². The summed E-state index contributed by atoms with van der Waals surface area (Å²) in [5.41, 5.74) is 1.18. The van der Waals surface area contributed by atoms with Crippen LogP contribution in [0.25, 0.3) is 0 Å². The second-order valence-electron chi connectivity index (χ2n) is 4.51. The van der Waals surface area contributed by atoms with Gasteiger partial charge in [0, 0.05) is 17.5 Å². The van der Waals surface area contributed by atoms with Crippen molar-refractivity contribution in [3.8, 4) is 0 Å². The van der Waals surface area contributed by atoms with Crippen LogP contribution in [0, 0.1) is 0 Å². The zero-order chi connectivity index (χ0) is 13.7. The molecule has 1 aromatic carbocycles. The first-order chi connectivity index (χ1) is 9.19. The van der Waals surface area contributed by atoms with Crippen molar-refractivity contribution in [1.29, 1.82) is 0 Å². The van der Waals surface area contributed by atoms with E-state index < -0.39 is 0 Å². The lowest BCUT2D eigenvalue weighted by molar-refractivity contribution is 0.356. The van der Waals surface area contributed by atoms with Crippen molar-refractivity contribution in [3.05, 3.63) is 46.6 Å². The molecule has 1 aromatic heterocycles. The van der Waals surface area contributed by atoms with Gasteiger partial charge in [-0.15, -0.1) is 0 Å². The molecule has 19 heavy (non-hydrogen) atoms. The molecular weight excluding hydrogens is 262 g/mol. The standard InChI is InChI=1S/C14H18ClN3O/c1-3-4-13-17-14(19-18-13)9-16-10(2)11-5-7-12(15)8-6-11/h5-8,10,16H,3-4,9H2,1-2H3. The highest BCUT2D eigenvalue weighted by molar-refractivity contribution is 6.30. The fraction of sp³-hybridized carbons (Fsp3) is 0.429. The molecule has 0 radical (unpaired) electrons. The van der Waals surface area contributed by atoms with Crippen molar-refractivity contribution in [1.82, 2.24) is 15.5 Å². The van der Waals surface area contributed by atoms with Gasteiger partial charge in [0.25, 0.3) is 0 Å². The van der Waals surface area contributed by atoms with E-state index in [1.54, 1.807) is 0 Å². The van der Waals surface area contributed by atoms with Crippen LogP contribution in [0.1, 0.15) is 43.6 Å². The molecule has 0 fully saturated rings. The molecule has 102 valence electrons. The van der Waals surface area contributed by atoms with Gasteiger partial charge >= 0.3 is 0 Å². The smallest absolute Gasteiger partial charge is 0.240 e. The molecule has 0 bridgehead atoms. The van der Waals surface area contributed by atoms with E-state index >= 15 is 0 Å². The van der Waals surface area contributed by atoms with E-state index in [1.807, 2.05) is 24.3 Å². The van der Waals surface area contributed by atoms with Crippen LogP contribution >= 0.6 is 11.6 Å². The first-order valence-corrected chi connectivity index (χ1v) is 6.87. The number of nitrogens with one attached hydrogen (secondary N) is 1. The van der Waals surface area contributed by atoms with Crippen molar-refractivity contribution >= 4 is 11.6 Å². The summed E-state index contributed by atoms with van der Waals surface area (Å²) < 4.78 is 5.18. The Morgan fingerprint density at radius 1 is 1.32 bits per heavy atom. The van der Waals surface area contributed by atoms with E-state index in [0.29, 0.717) is 12.4 Å². The van der Waals surface area contributed by atoms with Gasteiger partial charge in [0.2, 0.25) is 5.89 Å². The van der Waals surface area contributed by atoms with E-state index in [0.717, 1.165) is 23.7 Å². The van der Waals surface area contributed by atoms with Crippen molar-refractivity contribution in [2.45, 2.75) is 39.3 Å². The minimum atomic E-state index is 0.207. The highest BCUT2D eigenvalue weighted by Gasteiger charge is 2.09. The lowest BCUT2D eigenvalue weighted by Gasteiger charge is -2.12. The predicted molar refractivity (Wildman–Crippen MR) is 75.0 cm³/mol. The molecule has 1 unspecified atom stereocenters. The maximum atomic E-state index is 5.87. The van der Waals surface area contributed by atoms with Gasteiger partial charge in [-0.05, 0) is 31.0 Å². The molecule has 1 N–H and O–H groups in total. The molecule has 2 rings (SSSR count). The fourth-order valence-corrected chi connectivity index (χ4v) is 1.92. The molecule has 2 aromatic rings. The largest absolute Gasteiger partial charge is 0.338 e. The molecule has 0 amide bonds. The van der Waals surface area contributed by atoms with Gasteiger partial charge in [0.05, 0.1) is 6.54 Å². The molecule has 4 nitrogen and oxygen atoms in total. The Bertz CT molecular complexity index is 510. The lowest BCUT2D eigenvalue weighted by atomic mass is 10.1. The molecule has 5 heteroatoms. The first-order valence-electron chi connectivity index (χ1n) is 6.49. The van der Waals surface area contributed by atoms with Crippen LogP contribution in [-0.4, -0.2) is 10.1 Å². The first kappa shape index (κ1) is 14.0. The number of aryl methyl sites for hydroxylation is 1. The van der Waals surface area contributed by atoms with Gasteiger partial charge in [-0.1, -0.05) is 35.8 Å². The number of hydrogen-bond acceptors (Lipinski definition) is 4. The summed E-state index contributed by atoms with van der Waals surface area (Å²) in [5.74, 6) is 1.41. The molecule has 1 atom stereocenters. The zero-order valence-corrected chi connectivity index (χ0v) is 11.9. The van der Waals surface area contributed by atoms with Gasteiger partial charge in [-0.3, -0.25) is 0 Å². The van der Waals surface area contributed by atoms with Crippen LogP contribution in [0.4, 0.5) is 0 Å². The molecule has 0 aliphatic heterocycles. The minimum absolute atomic E-state index is 0.207. The van der Waals surface area contributed by atoms with Gasteiger partial charge < -0.3 is 9.84 Å². The summed E-state index contributed by atoms with van der Waals surface area (Å²) in [7, 11) is 0. The Morgan fingerprint density at radius 2 is 2.05 bits per heavy atom. The fourth-order valence-electron chi connectivity index (χ4n) is 1.80. The van der Waals surface area contributed by atoms with Crippen molar-refractivity contribution in [2.75, 3.05) is 0 Å². The molecule has 0 saturated heterocycles. The summed E-state index contributed by atoms with van der Waals surface area (Å²) >= 11 is 5.87. The van der Waals surface area contributed by atoms with Crippen molar-refractivity contribution in [3.63, 3.8) is 0 Å². The zero-order valence-electron chi connectivity index (χ0n) is 11.2. The monoisotopic (exact) mass is 279 g/mol. The maximum absolute atomic E-state index is 5.87. The highest BCUT2D eigenvalue weighted by atomic mass is 35.5. The summed E-state index contributed by atoms with van der Waals surface area (Å²) in [6, 6.07) is 8.01. The lowest BCUT2D eigenvalue weighted by Crippen LogP contribution is -2.18. The third-order valence-corrected chi connectivity index (χ3v) is 3.17. The quantitative estimate of drug-likeness (QED) is 0.879. The van der Waals surface area contributed by atoms with Crippen LogP contribution in [0.5, 0.6) is 0 Å². The minimum Gasteiger partial charge on any atom is -0.338 e. The highest BCUT2D eigenvalue weighted by Crippen LogP contribution is 2.16. The van der Waals surface area contributed by atoms with Gasteiger partial charge in [0.15, 0.2) is 5.82 Å². The van der Waals surface area contributed by atoms with Crippen molar-refractivity contribution < 1.29 is 4.52 Å². The second-order valence-corrected chi connectivity index (χ2v) is 4.94. The maximum Gasteiger partial charge on any atom is 0.240 e. The Labute approximate surface area is 118 Å². The van der Waals surface area contributed by atoms with E-state index in [1.165, 1.54) is 5.56 Å². The average molecular weight is 280 g/mol.